The normalized spacial score (nSPS) is 19.1. The minimum Gasteiger partial charge on any atom is -0.497 e. The molecule has 1 aromatic carbocycles. The molecule has 1 unspecified atom stereocenters. The molecule has 0 radical (unpaired) electrons. The van der Waals surface area contributed by atoms with Crippen molar-refractivity contribution in [1.29, 1.82) is 0 Å². The lowest BCUT2D eigenvalue weighted by molar-refractivity contribution is -0.128. The van der Waals surface area contributed by atoms with E-state index < -0.39 is 0 Å². The molecule has 18 heavy (non-hydrogen) atoms. The largest absolute Gasteiger partial charge is 0.497 e. The molecule has 1 atom stereocenters. The first-order valence-corrected chi connectivity index (χ1v) is 6.29. The Morgan fingerprint density at radius 2 is 2.17 bits per heavy atom. The molecule has 0 spiro atoms. The molecule has 1 aromatic rings. The number of carbonyl (C=O) groups excluding carboxylic acids is 1. The molecule has 0 N–H and O–H groups in total. The number of methoxy groups -OCH3 is 1. The van der Waals surface area contributed by atoms with Gasteiger partial charge in [-0.25, -0.2) is 0 Å². The summed E-state index contributed by atoms with van der Waals surface area (Å²) in [5.74, 6) is 1.10. The van der Waals surface area contributed by atoms with Gasteiger partial charge in [-0.2, -0.15) is 0 Å². The highest BCUT2D eigenvalue weighted by atomic mass is 16.5. The summed E-state index contributed by atoms with van der Waals surface area (Å²) in [4.78, 5) is 13.7. The first kappa shape index (κ1) is 12.7. The van der Waals surface area contributed by atoms with E-state index in [2.05, 4.69) is 6.58 Å². The molecule has 3 heteroatoms. The highest BCUT2D eigenvalue weighted by Gasteiger charge is 2.27. The Bertz CT molecular complexity index is 425. The summed E-state index contributed by atoms with van der Waals surface area (Å²) < 4.78 is 5.12. The van der Waals surface area contributed by atoms with Crippen LogP contribution in [0.1, 0.15) is 18.4 Å². The van der Waals surface area contributed by atoms with Crippen molar-refractivity contribution >= 4 is 5.91 Å². The zero-order valence-corrected chi connectivity index (χ0v) is 10.8. The van der Waals surface area contributed by atoms with Crippen molar-refractivity contribution in [3.8, 4) is 5.75 Å². The monoisotopic (exact) mass is 245 g/mol. The second kappa shape index (κ2) is 5.71. The smallest absolute Gasteiger partial charge is 0.223 e. The predicted molar refractivity (Wildman–Crippen MR) is 71.6 cm³/mol. The second-order valence-corrected chi connectivity index (χ2v) is 4.53. The van der Waals surface area contributed by atoms with E-state index in [4.69, 9.17) is 4.74 Å². The maximum atomic E-state index is 11.7. The molecule has 0 aliphatic carbocycles. The van der Waals surface area contributed by atoms with Gasteiger partial charge in [0.25, 0.3) is 0 Å². The van der Waals surface area contributed by atoms with Crippen molar-refractivity contribution in [2.45, 2.75) is 25.3 Å². The summed E-state index contributed by atoms with van der Waals surface area (Å²) in [6, 6.07) is 8.21. The van der Waals surface area contributed by atoms with Crippen LogP contribution in [0.15, 0.2) is 36.9 Å². The molecule has 0 bridgehead atoms. The van der Waals surface area contributed by atoms with Crippen molar-refractivity contribution in [1.82, 2.24) is 4.90 Å². The minimum atomic E-state index is 0.218. The van der Waals surface area contributed by atoms with Gasteiger partial charge in [-0.1, -0.05) is 18.2 Å². The van der Waals surface area contributed by atoms with Crippen LogP contribution in [-0.4, -0.2) is 30.5 Å². The number of hydrogen-bond donors (Lipinski definition) is 0. The van der Waals surface area contributed by atoms with E-state index in [0.717, 1.165) is 25.1 Å². The highest BCUT2D eigenvalue weighted by molar-refractivity contribution is 5.79. The van der Waals surface area contributed by atoms with Gasteiger partial charge in [-0.15, -0.1) is 6.58 Å². The Kier molecular flexibility index (Phi) is 4.03. The average Bonchev–Trinajstić information content (AvgIpc) is 2.77. The summed E-state index contributed by atoms with van der Waals surface area (Å²) in [6.07, 6.45) is 4.31. The number of carbonyl (C=O) groups is 1. The van der Waals surface area contributed by atoms with Gasteiger partial charge in [-0.3, -0.25) is 4.79 Å². The lowest BCUT2D eigenvalue weighted by Gasteiger charge is -2.22. The highest BCUT2D eigenvalue weighted by Crippen LogP contribution is 2.20. The standard InChI is InChI=1S/C15H19NO2/c1-3-13-6-9-15(17)16(13)11-10-12-4-7-14(18-2)8-5-12/h3-5,7-8,13H,1,6,9-11H2,2H3. The summed E-state index contributed by atoms with van der Waals surface area (Å²) >= 11 is 0. The molecule has 0 aromatic heterocycles. The van der Waals surface area contributed by atoms with Crippen molar-refractivity contribution in [3.05, 3.63) is 42.5 Å². The van der Waals surface area contributed by atoms with Crippen LogP contribution in [0.25, 0.3) is 0 Å². The van der Waals surface area contributed by atoms with Gasteiger partial charge in [0.15, 0.2) is 0 Å². The fraction of sp³-hybridized carbons (Fsp3) is 0.400. The van der Waals surface area contributed by atoms with Gasteiger partial charge in [0.1, 0.15) is 5.75 Å². The summed E-state index contributed by atoms with van der Waals surface area (Å²) in [5.41, 5.74) is 1.22. The van der Waals surface area contributed by atoms with Gasteiger partial charge in [0.05, 0.1) is 13.2 Å². The average molecular weight is 245 g/mol. The molecule has 1 fully saturated rings. The van der Waals surface area contributed by atoms with Crippen LogP contribution in [0.5, 0.6) is 5.75 Å². The summed E-state index contributed by atoms with van der Waals surface area (Å²) in [6.45, 7) is 4.56. The van der Waals surface area contributed by atoms with Gasteiger partial charge >= 0.3 is 0 Å². The van der Waals surface area contributed by atoms with E-state index in [1.807, 2.05) is 35.2 Å². The molecule has 1 aliphatic heterocycles. The Balaban J connectivity index is 1.93. The fourth-order valence-electron chi connectivity index (χ4n) is 2.33. The van der Waals surface area contributed by atoms with Crippen molar-refractivity contribution < 1.29 is 9.53 Å². The van der Waals surface area contributed by atoms with Crippen LogP contribution in [0.3, 0.4) is 0 Å². The third-order valence-corrected chi connectivity index (χ3v) is 3.45. The van der Waals surface area contributed by atoms with Crippen LogP contribution < -0.4 is 4.74 Å². The second-order valence-electron chi connectivity index (χ2n) is 4.53. The fourth-order valence-corrected chi connectivity index (χ4v) is 2.33. The predicted octanol–water partition coefficient (Wildman–Crippen LogP) is 2.41. The molecule has 1 saturated heterocycles. The lowest BCUT2D eigenvalue weighted by Crippen LogP contribution is -2.33. The third-order valence-electron chi connectivity index (χ3n) is 3.45. The Morgan fingerprint density at radius 1 is 1.44 bits per heavy atom. The number of amides is 1. The number of likely N-dealkylation sites (tertiary alicyclic amines) is 1. The quantitative estimate of drug-likeness (QED) is 0.746. The van der Waals surface area contributed by atoms with Crippen molar-refractivity contribution in [3.63, 3.8) is 0 Å². The molecule has 1 aliphatic rings. The topological polar surface area (TPSA) is 29.5 Å². The molecule has 96 valence electrons. The van der Waals surface area contributed by atoms with Crippen LogP contribution in [-0.2, 0) is 11.2 Å². The zero-order valence-electron chi connectivity index (χ0n) is 10.8. The molecule has 2 rings (SSSR count). The molecule has 1 amide bonds. The Hall–Kier alpha value is -1.77. The van der Waals surface area contributed by atoms with Gasteiger partial charge < -0.3 is 9.64 Å². The van der Waals surface area contributed by atoms with E-state index in [-0.39, 0.29) is 11.9 Å². The van der Waals surface area contributed by atoms with Gasteiger partial charge in [0.2, 0.25) is 5.91 Å². The lowest BCUT2D eigenvalue weighted by atomic mass is 10.1. The van der Waals surface area contributed by atoms with Gasteiger partial charge in [-0.05, 0) is 30.5 Å². The van der Waals surface area contributed by atoms with Gasteiger partial charge in [0, 0.05) is 13.0 Å². The number of nitrogens with zero attached hydrogens (tertiary/aromatic N) is 1. The minimum absolute atomic E-state index is 0.218. The van der Waals surface area contributed by atoms with Crippen LogP contribution in [0.4, 0.5) is 0 Å². The van der Waals surface area contributed by atoms with Crippen molar-refractivity contribution in [2.24, 2.45) is 0 Å². The maximum Gasteiger partial charge on any atom is 0.223 e. The number of benzene rings is 1. The van der Waals surface area contributed by atoms with E-state index in [9.17, 15) is 4.79 Å². The molecule has 1 heterocycles. The molecular weight excluding hydrogens is 226 g/mol. The van der Waals surface area contributed by atoms with E-state index in [1.54, 1.807) is 7.11 Å². The number of ether oxygens (including phenoxy) is 1. The zero-order chi connectivity index (χ0) is 13.0. The summed E-state index contributed by atoms with van der Waals surface area (Å²) in [5, 5.41) is 0. The van der Waals surface area contributed by atoms with Crippen LogP contribution in [0.2, 0.25) is 0 Å². The third kappa shape index (κ3) is 2.73. The number of rotatable bonds is 5. The number of hydrogen-bond acceptors (Lipinski definition) is 2. The SMILES string of the molecule is C=CC1CCC(=O)N1CCc1ccc(OC)cc1. The summed E-state index contributed by atoms with van der Waals surface area (Å²) in [7, 11) is 1.66. The van der Waals surface area contributed by atoms with E-state index >= 15 is 0 Å². The van der Waals surface area contributed by atoms with Crippen LogP contribution in [0, 0.1) is 0 Å². The van der Waals surface area contributed by atoms with E-state index in [1.165, 1.54) is 5.56 Å². The van der Waals surface area contributed by atoms with E-state index in [0.29, 0.717) is 6.42 Å². The maximum absolute atomic E-state index is 11.7. The Labute approximate surface area is 108 Å². The first-order valence-electron chi connectivity index (χ1n) is 6.29. The first-order chi connectivity index (χ1) is 8.74. The van der Waals surface area contributed by atoms with Crippen LogP contribution >= 0.6 is 0 Å². The molecule has 0 saturated carbocycles. The molecular formula is C15H19NO2. The Morgan fingerprint density at radius 3 is 2.78 bits per heavy atom. The van der Waals surface area contributed by atoms with Crippen molar-refractivity contribution in [2.75, 3.05) is 13.7 Å². The molecule has 3 nitrogen and oxygen atoms in total.